The predicted octanol–water partition coefficient (Wildman–Crippen LogP) is 3.23. The Bertz CT molecular complexity index is 380. The van der Waals surface area contributed by atoms with Gasteiger partial charge in [-0.1, -0.05) is 0 Å². The van der Waals surface area contributed by atoms with E-state index < -0.39 is 12.3 Å². The van der Waals surface area contributed by atoms with Gasteiger partial charge in [-0.3, -0.25) is 0 Å². The van der Waals surface area contributed by atoms with E-state index in [4.69, 9.17) is 19.3 Å². The summed E-state index contributed by atoms with van der Waals surface area (Å²) in [7, 11) is 0. The van der Waals surface area contributed by atoms with Gasteiger partial charge in [0.1, 0.15) is 18.3 Å². The van der Waals surface area contributed by atoms with E-state index in [1.54, 1.807) is 0 Å². The maximum absolute atomic E-state index is 11.9. The minimum atomic E-state index is -1.23. The zero-order valence-corrected chi connectivity index (χ0v) is 13.3. The molecule has 0 aliphatic heterocycles. The van der Waals surface area contributed by atoms with Crippen molar-refractivity contribution in [3.8, 4) is 0 Å². The third-order valence-corrected chi connectivity index (χ3v) is 4.54. The number of aliphatic hydroxyl groups excluding tert-OH is 1. The number of aliphatic hydroxyl groups is 1. The van der Waals surface area contributed by atoms with Crippen LogP contribution in [0.4, 0.5) is 9.59 Å². The quantitative estimate of drug-likeness (QED) is 0.766. The van der Waals surface area contributed by atoms with E-state index in [1.165, 1.54) is 0 Å². The van der Waals surface area contributed by atoms with E-state index in [9.17, 15) is 14.7 Å². The highest BCUT2D eigenvalue weighted by atomic mass is 16.7. The van der Waals surface area contributed by atoms with E-state index >= 15 is 0 Å². The van der Waals surface area contributed by atoms with Gasteiger partial charge in [-0.05, 0) is 64.2 Å². The Morgan fingerprint density at radius 2 is 1.13 bits per heavy atom. The van der Waals surface area contributed by atoms with Crippen molar-refractivity contribution in [2.75, 3.05) is 0 Å². The smallest absolute Gasteiger partial charge is 0.450 e. The van der Waals surface area contributed by atoms with Crippen LogP contribution in [0.5, 0.6) is 0 Å². The van der Waals surface area contributed by atoms with Crippen LogP contribution in [0.15, 0.2) is 0 Å². The highest BCUT2D eigenvalue weighted by Gasteiger charge is 2.26. The van der Waals surface area contributed by atoms with Crippen molar-refractivity contribution in [2.45, 2.75) is 88.6 Å². The lowest BCUT2D eigenvalue weighted by Crippen LogP contribution is -2.29. The summed E-state index contributed by atoms with van der Waals surface area (Å²) in [5.41, 5.74) is 0. The lowest BCUT2D eigenvalue weighted by molar-refractivity contribution is -0.0307. The molecule has 2 saturated carbocycles. The van der Waals surface area contributed by atoms with Crippen molar-refractivity contribution in [1.29, 1.82) is 0 Å². The molecule has 2 rings (SSSR count). The van der Waals surface area contributed by atoms with Gasteiger partial charge in [0.05, 0.1) is 6.10 Å². The third-order valence-electron chi connectivity index (χ3n) is 4.54. The second kappa shape index (κ2) is 8.96. The summed E-state index contributed by atoms with van der Waals surface area (Å²) < 4.78 is 15.5. The Hall–Kier alpha value is -1.50. The Morgan fingerprint density at radius 1 is 0.696 bits per heavy atom. The van der Waals surface area contributed by atoms with Gasteiger partial charge < -0.3 is 24.4 Å². The molecule has 23 heavy (non-hydrogen) atoms. The SMILES string of the molecule is O=C(O)OC1CCCC(OC(=O)OC2CCC(O)CC2)CCC1. The first-order valence-corrected chi connectivity index (χ1v) is 8.48. The number of carboxylic acid groups (broad SMARTS) is 1. The molecule has 7 nitrogen and oxygen atoms in total. The molecule has 0 aromatic carbocycles. The highest BCUT2D eigenvalue weighted by molar-refractivity contribution is 5.60. The molecule has 2 aliphatic rings. The Kier molecular flexibility index (Phi) is 6.95. The summed E-state index contributed by atoms with van der Waals surface area (Å²) in [6.45, 7) is 0. The molecule has 0 heterocycles. The summed E-state index contributed by atoms with van der Waals surface area (Å²) in [4.78, 5) is 22.4. The van der Waals surface area contributed by atoms with Crippen LogP contribution >= 0.6 is 0 Å². The van der Waals surface area contributed by atoms with E-state index in [0.29, 0.717) is 51.4 Å². The molecule has 2 N–H and O–H groups in total. The second-order valence-corrected chi connectivity index (χ2v) is 6.41. The third kappa shape index (κ3) is 6.64. The van der Waals surface area contributed by atoms with E-state index in [2.05, 4.69) is 0 Å². The molecule has 0 bridgehead atoms. The molecule has 0 radical (unpaired) electrons. The van der Waals surface area contributed by atoms with Gasteiger partial charge >= 0.3 is 12.3 Å². The number of ether oxygens (including phenoxy) is 3. The van der Waals surface area contributed by atoms with Crippen molar-refractivity contribution < 1.29 is 34.0 Å². The van der Waals surface area contributed by atoms with Crippen LogP contribution < -0.4 is 0 Å². The van der Waals surface area contributed by atoms with Crippen molar-refractivity contribution in [3.05, 3.63) is 0 Å². The van der Waals surface area contributed by atoms with E-state index in [-0.39, 0.29) is 24.4 Å². The topological polar surface area (TPSA) is 102 Å². The second-order valence-electron chi connectivity index (χ2n) is 6.41. The molecule has 7 heteroatoms. The summed E-state index contributed by atoms with van der Waals surface area (Å²) >= 11 is 0. The van der Waals surface area contributed by atoms with Gasteiger partial charge in [-0.2, -0.15) is 0 Å². The molecule has 132 valence electrons. The van der Waals surface area contributed by atoms with Crippen molar-refractivity contribution in [3.63, 3.8) is 0 Å². The monoisotopic (exact) mass is 330 g/mol. The van der Waals surface area contributed by atoms with Crippen molar-refractivity contribution >= 4 is 12.3 Å². The van der Waals surface area contributed by atoms with Crippen LogP contribution in [0.25, 0.3) is 0 Å². The highest BCUT2D eigenvalue weighted by Crippen LogP contribution is 2.24. The standard InChI is InChI=1S/C16H26O7/c17-11-7-9-14(10-8-11)23-16(20)22-13-5-1-3-12(4-2-6-13)21-15(18)19/h11-14,17H,1-10H2,(H,18,19). The molecule has 0 aromatic heterocycles. The van der Waals surface area contributed by atoms with Crippen molar-refractivity contribution in [1.82, 2.24) is 0 Å². The fraction of sp³-hybridized carbons (Fsp3) is 0.875. The summed E-state index contributed by atoms with van der Waals surface area (Å²) in [5.74, 6) is 0. The lowest BCUT2D eigenvalue weighted by Gasteiger charge is -2.27. The summed E-state index contributed by atoms with van der Waals surface area (Å²) in [6, 6.07) is 0. The molecule has 2 fully saturated rings. The van der Waals surface area contributed by atoms with Gasteiger partial charge in [0.25, 0.3) is 0 Å². The van der Waals surface area contributed by atoms with Crippen LogP contribution in [0.3, 0.4) is 0 Å². The summed E-state index contributed by atoms with van der Waals surface area (Å²) in [6.07, 6.45) is 4.14. The Morgan fingerprint density at radius 3 is 1.61 bits per heavy atom. The summed E-state index contributed by atoms with van der Waals surface area (Å²) in [5, 5.41) is 18.1. The van der Waals surface area contributed by atoms with Gasteiger partial charge in [-0.25, -0.2) is 9.59 Å². The number of carbonyl (C=O) groups excluding carboxylic acids is 1. The molecular weight excluding hydrogens is 304 g/mol. The van der Waals surface area contributed by atoms with Crippen LogP contribution in [0.1, 0.15) is 64.2 Å². The fourth-order valence-corrected chi connectivity index (χ4v) is 3.28. The number of hydrogen-bond donors (Lipinski definition) is 2. The van der Waals surface area contributed by atoms with Gasteiger partial charge in [0.2, 0.25) is 0 Å². The average molecular weight is 330 g/mol. The first-order chi connectivity index (χ1) is 11.0. The zero-order chi connectivity index (χ0) is 16.7. The fourth-order valence-electron chi connectivity index (χ4n) is 3.28. The lowest BCUT2D eigenvalue weighted by atomic mass is 9.95. The van der Waals surface area contributed by atoms with Crippen LogP contribution in [0.2, 0.25) is 0 Å². The number of carbonyl (C=O) groups is 2. The molecule has 0 atom stereocenters. The molecule has 2 aliphatic carbocycles. The number of rotatable bonds is 3. The number of hydrogen-bond acceptors (Lipinski definition) is 6. The minimum Gasteiger partial charge on any atom is -0.450 e. The first-order valence-electron chi connectivity index (χ1n) is 8.48. The van der Waals surface area contributed by atoms with Crippen LogP contribution in [-0.4, -0.2) is 46.9 Å². The van der Waals surface area contributed by atoms with Crippen LogP contribution in [-0.2, 0) is 14.2 Å². The molecule has 0 spiro atoms. The molecule has 0 aromatic rings. The Balaban J connectivity index is 1.67. The maximum atomic E-state index is 11.9. The zero-order valence-electron chi connectivity index (χ0n) is 13.3. The van der Waals surface area contributed by atoms with E-state index in [0.717, 1.165) is 12.8 Å². The molecular formula is C16H26O7. The molecule has 0 amide bonds. The van der Waals surface area contributed by atoms with Crippen molar-refractivity contribution in [2.24, 2.45) is 0 Å². The molecule has 0 saturated heterocycles. The normalized spacial score (nSPS) is 32.2. The minimum absolute atomic E-state index is 0.159. The van der Waals surface area contributed by atoms with Crippen LogP contribution in [0, 0.1) is 0 Å². The molecule has 0 unspecified atom stereocenters. The van der Waals surface area contributed by atoms with Gasteiger partial charge in [-0.15, -0.1) is 0 Å². The van der Waals surface area contributed by atoms with E-state index in [1.807, 2.05) is 0 Å². The predicted molar refractivity (Wildman–Crippen MR) is 80.2 cm³/mol. The average Bonchev–Trinajstić information content (AvgIpc) is 2.46. The largest absolute Gasteiger partial charge is 0.508 e. The van der Waals surface area contributed by atoms with Gasteiger partial charge in [0.15, 0.2) is 0 Å². The first kappa shape index (κ1) is 17.8. The maximum Gasteiger partial charge on any atom is 0.508 e. The Labute approximate surface area is 135 Å². The van der Waals surface area contributed by atoms with Gasteiger partial charge in [0, 0.05) is 0 Å².